The van der Waals surface area contributed by atoms with Gasteiger partial charge in [0.25, 0.3) is 5.91 Å². The molecule has 1 atom stereocenters. The van der Waals surface area contributed by atoms with Crippen molar-refractivity contribution in [3.8, 4) is 5.69 Å². The number of aromatic nitrogens is 2. The van der Waals surface area contributed by atoms with E-state index in [2.05, 4.69) is 5.10 Å². The van der Waals surface area contributed by atoms with Crippen LogP contribution < -0.4 is 0 Å². The number of benzene rings is 1. The summed E-state index contributed by atoms with van der Waals surface area (Å²) >= 11 is 0. The van der Waals surface area contributed by atoms with Crippen molar-refractivity contribution in [3.05, 3.63) is 47.0 Å². The second-order valence-electron chi connectivity index (χ2n) is 7.35. The highest BCUT2D eigenvalue weighted by Crippen LogP contribution is 2.28. The normalized spacial score (nSPS) is 17.5. The van der Waals surface area contributed by atoms with Gasteiger partial charge in [-0.15, -0.1) is 0 Å². The van der Waals surface area contributed by atoms with Gasteiger partial charge in [-0.25, -0.2) is 13.9 Å². The van der Waals surface area contributed by atoms with E-state index in [0.717, 1.165) is 36.9 Å². The summed E-state index contributed by atoms with van der Waals surface area (Å²) in [6.07, 6.45) is 2.59. The highest BCUT2D eigenvalue weighted by atomic mass is 19.1. The fraction of sp³-hybridized carbons (Fsp3) is 0.476. The van der Waals surface area contributed by atoms with E-state index < -0.39 is 12.1 Å². The third-order valence-electron chi connectivity index (χ3n) is 5.40. The SMILES string of the molecule is C[C@@H](OC(=O)c1nn(-c2ccc(F)cc2)c2c1CCCC2)C(=O)N1CCOCC1. The zero-order chi connectivity index (χ0) is 20.4. The molecular formula is C21H24FN3O4. The number of carbonyl (C=O) groups excluding carboxylic acids is 2. The highest BCUT2D eigenvalue weighted by Gasteiger charge is 2.30. The molecule has 0 unspecified atom stereocenters. The van der Waals surface area contributed by atoms with Crippen molar-refractivity contribution in [1.29, 1.82) is 0 Å². The van der Waals surface area contributed by atoms with Crippen LogP contribution in [-0.2, 0) is 27.1 Å². The van der Waals surface area contributed by atoms with E-state index in [1.165, 1.54) is 12.1 Å². The Kier molecular flexibility index (Phi) is 5.62. The van der Waals surface area contributed by atoms with Gasteiger partial charge in [0.05, 0.1) is 18.9 Å². The Morgan fingerprint density at radius 1 is 1.14 bits per heavy atom. The molecule has 1 aromatic carbocycles. The van der Waals surface area contributed by atoms with Crippen LogP contribution in [0.2, 0.25) is 0 Å². The van der Waals surface area contributed by atoms with Gasteiger partial charge in [-0.2, -0.15) is 5.10 Å². The minimum atomic E-state index is -0.893. The lowest BCUT2D eigenvalue weighted by molar-refractivity contribution is -0.143. The van der Waals surface area contributed by atoms with Gasteiger partial charge in [-0.05, 0) is 56.9 Å². The maximum atomic E-state index is 13.3. The van der Waals surface area contributed by atoms with E-state index in [-0.39, 0.29) is 17.4 Å². The lowest BCUT2D eigenvalue weighted by Crippen LogP contribution is -2.46. The molecular weight excluding hydrogens is 377 g/mol. The number of morpholine rings is 1. The van der Waals surface area contributed by atoms with Crippen molar-refractivity contribution in [2.75, 3.05) is 26.3 Å². The molecule has 1 aliphatic heterocycles. The smallest absolute Gasteiger partial charge is 0.359 e. The molecule has 0 bridgehead atoms. The van der Waals surface area contributed by atoms with Gasteiger partial charge < -0.3 is 14.4 Å². The van der Waals surface area contributed by atoms with E-state index >= 15 is 0 Å². The maximum absolute atomic E-state index is 13.3. The minimum Gasteiger partial charge on any atom is -0.448 e. The molecule has 1 aliphatic carbocycles. The van der Waals surface area contributed by atoms with Gasteiger partial charge in [-0.1, -0.05) is 0 Å². The number of hydrogen-bond acceptors (Lipinski definition) is 5. The first-order valence-electron chi connectivity index (χ1n) is 9.99. The van der Waals surface area contributed by atoms with Crippen LogP contribution in [0, 0.1) is 5.82 Å². The van der Waals surface area contributed by atoms with Crippen LogP contribution in [-0.4, -0.2) is 59.0 Å². The Morgan fingerprint density at radius 3 is 2.55 bits per heavy atom. The number of amides is 1. The second-order valence-corrected chi connectivity index (χ2v) is 7.35. The summed E-state index contributed by atoms with van der Waals surface area (Å²) in [7, 11) is 0. The number of rotatable bonds is 4. The van der Waals surface area contributed by atoms with Gasteiger partial charge in [0.2, 0.25) is 0 Å². The topological polar surface area (TPSA) is 73.7 Å². The van der Waals surface area contributed by atoms with Crippen molar-refractivity contribution in [3.63, 3.8) is 0 Å². The quantitative estimate of drug-likeness (QED) is 0.735. The Balaban J connectivity index is 1.56. The van der Waals surface area contributed by atoms with Crippen molar-refractivity contribution < 1.29 is 23.5 Å². The zero-order valence-corrected chi connectivity index (χ0v) is 16.4. The van der Waals surface area contributed by atoms with E-state index in [4.69, 9.17) is 9.47 Å². The molecule has 1 aromatic heterocycles. The van der Waals surface area contributed by atoms with Gasteiger partial charge in [0, 0.05) is 24.3 Å². The number of fused-ring (bicyclic) bond motifs is 1. The first-order valence-corrected chi connectivity index (χ1v) is 9.99. The molecule has 1 saturated heterocycles. The van der Waals surface area contributed by atoms with E-state index in [9.17, 15) is 14.0 Å². The third-order valence-corrected chi connectivity index (χ3v) is 5.40. The standard InChI is InChI=1S/C21H24FN3O4/c1-14(20(26)24-10-12-28-13-11-24)29-21(27)19-17-4-2-3-5-18(17)25(23-19)16-8-6-15(22)7-9-16/h6-9,14H,2-5,10-13H2,1H3/t14-/m1/s1. The Hall–Kier alpha value is -2.74. The van der Waals surface area contributed by atoms with Gasteiger partial charge in [0.15, 0.2) is 11.8 Å². The molecule has 7 nitrogen and oxygen atoms in total. The van der Waals surface area contributed by atoms with Crippen molar-refractivity contribution in [2.45, 2.75) is 38.7 Å². The average Bonchev–Trinajstić information content (AvgIpc) is 3.14. The molecule has 1 amide bonds. The van der Waals surface area contributed by atoms with Crippen LogP contribution in [0.3, 0.4) is 0 Å². The van der Waals surface area contributed by atoms with Crippen LogP contribution >= 0.6 is 0 Å². The van der Waals surface area contributed by atoms with Gasteiger partial charge >= 0.3 is 5.97 Å². The molecule has 2 heterocycles. The lowest BCUT2D eigenvalue weighted by Gasteiger charge is -2.28. The average molecular weight is 401 g/mol. The Bertz CT molecular complexity index is 903. The monoisotopic (exact) mass is 401 g/mol. The van der Waals surface area contributed by atoms with E-state index in [1.54, 1.807) is 28.6 Å². The number of halogens is 1. The summed E-state index contributed by atoms with van der Waals surface area (Å²) < 4.78 is 25.7. The van der Waals surface area contributed by atoms with Crippen molar-refractivity contribution >= 4 is 11.9 Å². The molecule has 0 radical (unpaired) electrons. The number of esters is 1. The van der Waals surface area contributed by atoms with Gasteiger partial charge in [0.1, 0.15) is 5.82 Å². The fourth-order valence-corrected chi connectivity index (χ4v) is 3.87. The molecule has 154 valence electrons. The van der Waals surface area contributed by atoms with E-state index in [1.807, 2.05) is 0 Å². The van der Waals surface area contributed by atoms with Crippen LogP contribution in [0.4, 0.5) is 4.39 Å². The largest absolute Gasteiger partial charge is 0.448 e. The van der Waals surface area contributed by atoms with Crippen molar-refractivity contribution in [1.82, 2.24) is 14.7 Å². The number of ether oxygens (including phenoxy) is 2. The number of carbonyl (C=O) groups is 2. The van der Waals surface area contributed by atoms with E-state index in [0.29, 0.717) is 32.0 Å². The molecule has 8 heteroatoms. The predicted octanol–water partition coefficient (Wildman–Crippen LogP) is 2.29. The van der Waals surface area contributed by atoms with Crippen molar-refractivity contribution in [2.24, 2.45) is 0 Å². The molecule has 0 N–H and O–H groups in total. The summed E-state index contributed by atoms with van der Waals surface area (Å²) in [6.45, 7) is 3.55. The lowest BCUT2D eigenvalue weighted by atomic mass is 9.95. The molecule has 1 fully saturated rings. The zero-order valence-electron chi connectivity index (χ0n) is 16.4. The summed E-state index contributed by atoms with van der Waals surface area (Å²) in [4.78, 5) is 27.1. The van der Waals surface area contributed by atoms with Gasteiger partial charge in [-0.3, -0.25) is 4.79 Å². The van der Waals surface area contributed by atoms with Crippen LogP contribution in [0.25, 0.3) is 5.69 Å². The molecule has 29 heavy (non-hydrogen) atoms. The molecule has 0 saturated carbocycles. The number of nitrogens with zero attached hydrogens (tertiary/aromatic N) is 3. The summed E-state index contributed by atoms with van der Waals surface area (Å²) in [5.41, 5.74) is 2.74. The summed E-state index contributed by atoms with van der Waals surface area (Å²) in [5, 5.41) is 4.49. The summed E-state index contributed by atoms with van der Waals surface area (Å²) in [5.74, 6) is -1.16. The first kappa shape index (κ1) is 19.6. The second kappa shape index (κ2) is 8.32. The highest BCUT2D eigenvalue weighted by molar-refractivity contribution is 5.92. The van der Waals surface area contributed by atoms with Crippen LogP contribution in [0.15, 0.2) is 24.3 Å². The summed E-state index contributed by atoms with van der Waals surface area (Å²) in [6, 6.07) is 6.01. The first-order chi connectivity index (χ1) is 14.0. The molecule has 2 aliphatic rings. The molecule has 4 rings (SSSR count). The Labute approximate surface area is 168 Å². The van der Waals surface area contributed by atoms with Crippen LogP contribution in [0.1, 0.15) is 41.5 Å². The maximum Gasteiger partial charge on any atom is 0.359 e. The minimum absolute atomic E-state index is 0.228. The fourth-order valence-electron chi connectivity index (χ4n) is 3.87. The number of hydrogen-bond donors (Lipinski definition) is 0. The molecule has 2 aromatic rings. The predicted molar refractivity (Wildman–Crippen MR) is 102 cm³/mol. The van der Waals surface area contributed by atoms with Crippen LogP contribution in [0.5, 0.6) is 0 Å². The third kappa shape index (κ3) is 4.03. The Morgan fingerprint density at radius 2 is 1.83 bits per heavy atom. The molecule has 0 spiro atoms.